The highest BCUT2D eigenvalue weighted by atomic mass is 15.2. The molecule has 0 bridgehead atoms. The van der Waals surface area contributed by atoms with Crippen LogP contribution in [0.15, 0.2) is 42.5 Å². The van der Waals surface area contributed by atoms with E-state index in [-0.39, 0.29) is 0 Å². The molecule has 1 unspecified atom stereocenters. The predicted octanol–water partition coefficient (Wildman–Crippen LogP) is 2.35. The topological polar surface area (TPSA) is 15.3 Å². The average molecular weight is 228 g/mol. The first-order valence-corrected chi connectivity index (χ1v) is 6.61. The smallest absolute Gasteiger partial charge is 0.0476 e. The summed E-state index contributed by atoms with van der Waals surface area (Å²) in [5, 5.41) is 3.52. The number of hydrogen-bond acceptors (Lipinski definition) is 2. The van der Waals surface area contributed by atoms with E-state index in [1.165, 1.54) is 24.9 Å². The Hall–Kier alpha value is -1.12. The van der Waals surface area contributed by atoms with Gasteiger partial charge in [0.1, 0.15) is 0 Å². The lowest BCUT2D eigenvalue weighted by Crippen LogP contribution is -2.49. The predicted molar refractivity (Wildman–Crippen MR) is 70.9 cm³/mol. The number of piperazine rings is 1. The van der Waals surface area contributed by atoms with E-state index in [4.69, 9.17) is 0 Å². The van der Waals surface area contributed by atoms with Gasteiger partial charge in [0.25, 0.3) is 0 Å². The fourth-order valence-corrected chi connectivity index (χ4v) is 3.02. The molecular weight excluding hydrogens is 208 g/mol. The molecule has 1 N–H and O–H groups in total. The molecule has 1 fully saturated rings. The van der Waals surface area contributed by atoms with Crippen LogP contribution in [-0.4, -0.2) is 30.6 Å². The van der Waals surface area contributed by atoms with Crippen LogP contribution in [-0.2, 0) is 0 Å². The fourth-order valence-electron chi connectivity index (χ4n) is 3.02. The van der Waals surface area contributed by atoms with Crippen LogP contribution < -0.4 is 5.32 Å². The van der Waals surface area contributed by atoms with E-state index in [0.717, 1.165) is 19.1 Å². The molecule has 2 aliphatic rings. The Bertz CT molecular complexity index is 377. The first-order valence-electron chi connectivity index (χ1n) is 6.61. The molecule has 90 valence electrons. The second kappa shape index (κ2) is 5.03. The lowest BCUT2D eigenvalue weighted by molar-refractivity contribution is 0.111. The second-order valence-corrected chi connectivity index (χ2v) is 4.97. The van der Waals surface area contributed by atoms with Crippen molar-refractivity contribution in [2.75, 3.05) is 19.6 Å². The molecular formula is C15H20N2. The van der Waals surface area contributed by atoms with Crippen molar-refractivity contribution in [3.63, 3.8) is 0 Å². The van der Waals surface area contributed by atoms with Crippen LogP contribution in [0.5, 0.6) is 0 Å². The van der Waals surface area contributed by atoms with Gasteiger partial charge in [-0.25, -0.2) is 0 Å². The molecule has 2 heteroatoms. The third-order valence-corrected chi connectivity index (χ3v) is 3.92. The zero-order valence-electron chi connectivity index (χ0n) is 10.2. The van der Waals surface area contributed by atoms with Crippen LogP contribution >= 0.6 is 0 Å². The van der Waals surface area contributed by atoms with Crippen molar-refractivity contribution >= 4 is 0 Å². The summed E-state index contributed by atoms with van der Waals surface area (Å²) in [5.41, 5.74) is 1.45. The molecule has 1 aromatic carbocycles. The van der Waals surface area contributed by atoms with E-state index in [1.807, 2.05) is 0 Å². The summed E-state index contributed by atoms with van der Waals surface area (Å²) in [6.07, 6.45) is 7.11. The fraction of sp³-hybridized carbons (Fsp3) is 0.467. The molecule has 1 atom stereocenters. The lowest BCUT2D eigenvalue weighted by Gasteiger charge is -2.40. The first kappa shape index (κ1) is 11.0. The van der Waals surface area contributed by atoms with Gasteiger partial charge in [-0.2, -0.15) is 0 Å². The summed E-state index contributed by atoms with van der Waals surface area (Å²) < 4.78 is 0. The standard InChI is InChI=1S/C15H20N2/c1-2-6-13(7-3-1)15-12-16-10-11-17(15)14-8-4-5-9-14/h1-7,14-16H,8-12H2. The number of nitrogens with one attached hydrogen (secondary N) is 1. The van der Waals surface area contributed by atoms with Gasteiger partial charge in [0.05, 0.1) is 0 Å². The van der Waals surface area contributed by atoms with Crippen molar-refractivity contribution in [2.24, 2.45) is 0 Å². The van der Waals surface area contributed by atoms with Gasteiger partial charge >= 0.3 is 0 Å². The van der Waals surface area contributed by atoms with E-state index in [9.17, 15) is 0 Å². The van der Waals surface area contributed by atoms with Crippen molar-refractivity contribution < 1.29 is 0 Å². The number of rotatable bonds is 2. The third kappa shape index (κ3) is 2.28. The highest BCUT2D eigenvalue weighted by molar-refractivity contribution is 5.21. The van der Waals surface area contributed by atoms with Crippen molar-refractivity contribution in [3.8, 4) is 0 Å². The molecule has 1 aliphatic carbocycles. The Morgan fingerprint density at radius 3 is 2.59 bits per heavy atom. The summed E-state index contributed by atoms with van der Waals surface area (Å²) in [4.78, 5) is 2.69. The van der Waals surface area contributed by atoms with Gasteiger partial charge in [-0.3, -0.25) is 4.90 Å². The zero-order valence-corrected chi connectivity index (χ0v) is 10.2. The molecule has 0 aromatic heterocycles. The van der Waals surface area contributed by atoms with Crippen LogP contribution in [0, 0.1) is 0 Å². The number of hydrogen-bond donors (Lipinski definition) is 1. The number of nitrogens with zero attached hydrogens (tertiary/aromatic N) is 1. The van der Waals surface area contributed by atoms with Gasteiger partial charge in [-0.1, -0.05) is 42.5 Å². The van der Waals surface area contributed by atoms with E-state index >= 15 is 0 Å². The van der Waals surface area contributed by atoms with Crippen LogP contribution in [0.1, 0.15) is 24.4 Å². The second-order valence-electron chi connectivity index (χ2n) is 4.97. The van der Waals surface area contributed by atoms with Gasteiger partial charge in [0.2, 0.25) is 0 Å². The number of benzene rings is 1. The molecule has 17 heavy (non-hydrogen) atoms. The lowest BCUT2D eigenvalue weighted by atomic mass is 10.0. The summed E-state index contributed by atoms with van der Waals surface area (Å²) in [6, 6.07) is 12.2. The molecule has 0 amide bonds. The zero-order chi connectivity index (χ0) is 11.5. The Morgan fingerprint density at radius 1 is 1.06 bits per heavy atom. The molecule has 1 heterocycles. The first-order chi connectivity index (χ1) is 8.45. The van der Waals surface area contributed by atoms with Gasteiger partial charge in [-0.05, 0) is 18.4 Å². The normalized spacial score (nSPS) is 26.5. The minimum absolute atomic E-state index is 0.551. The Labute approximate surface area is 103 Å². The monoisotopic (exact) mass is 228 g/mol. The Balaban J connectivity index is 1.80. The SMILES string of the molecule is C1=CCC(N2CCNCC2c2ccccc2)C1. The van der Waals surface area contributed by atoms with Crippen molar-refractivity contribution in [1.29, 1.82) is 0 Å². The van der Waals surface area contributed by atoms with Crippen molar-refractivity contribution in [2.45, 2.75) is 24.9 Å². The van der Waals surface area contributed by atoms with Crippen LogP contribution in [0.25, 0.3) is 0 Å². The van der Waals surface area contributed by atoms with Gasteiger partial charge in [0, 0.05) is 31.7 Å². The largest absolute Gasteiger partial charge is 0.314 e. The summed E-state index contributed by atoms with van der Waals surface area (Å²) >= 11 is 0. The molecule has 2 nitrogen and oxygen atoms in total. The average Bonchev–Trinajstić information content (AvgIpc) is 2.94. The van der Waals surface area contributed by atoms with Crippen LogP contribution in [0.3, 0.4) is 0 Å². The Kier molecular flexibility index (Phi) is 3.25. The highest BCUT2D eigenvalue weighted by Gasteiger charge is 2.29. The summed E-state index contributed by atoms with van der Waals surface area (Å²) in [6.45, 7) is 3.38. The molecule has 1 aromatic rings. The minimum atomic E-state index is 0.551. The van der Waals surface area contributed by atoms with Gasteiger partial charge in [0.15, 0.2) is 0 Å². The molecule has 1 aliphatic heterocycles. The minimum Gasteiger partial charge on any atom is -0.314 e. The van der Waals surface area contributed by atoms with Crippen molar-refractivity contribution in [1.82, 2.24) is 10.2 Å². The Morgan fingerprint density at radius 2 is 1.82 bits per heavy atom. The quantitative estimate of drug-likeness (QED) is 0.782. The van der Waals surface area contributed by atoms with Crippen LogP contribution in [0.2, 0.25) is 0 Å². The molecule has 3 rings (SSSR count). The van der Waals surface area contributed by atoms with E-state index in [0.29, 0.717) is 6.04 Å². The van der Waals surface area contributed by atoms with E-state index in [1.54, 1.807) is 0 Å². The van der Waals surface area contributed by atoms with Gasteiger partial charge < -0.3 is 5.32 Å². The van der Waals surface area contributed by atoms with Crippen molar-refractivity contribution in [3.05, 3.63) is 48.0 Å². The van der Waals surface area contributed by atoms with Gasteiger partial charge in [-0.15, -0.1) is 0 Å². The summed E-state index contributed by atoms with van der Waals surface area (Å²) in [7, 11) is 0. The maximum Gasteiger partial charge on any atom is 0.0476 e. The van der Waals surface area contributed by atoms with E-state index < -0.39 is 0 Å². The maximum absolute atomic E-state index is 3.52. The van der Waals surface area contributed by atoms with Crippen LogP contribution in [0.4, 0.5) is 0 Å². The van der Waals surface area contributed by atoms with E-state index in [2.05, 4.69) is 52.7 Å². The summed E-state index contributed by atoms with van der Waals surface area (Å²) in [5.74, 6) is 0. The molecule has 1 saturated heterocycles. The highest BCUT2D eigenvalue weighted by Crippen LogP contribution is 2.28. The maximum atomic E-state index is 3.52. The molecule has 0 saturated carbocycles. The third-order valence-electron chi connectivity index (χ3n) is 3.92. The molecule has 0 spiro atoms. The molecule has 0 radical (unpaired) electrons.